The van der Waals surface area contributed by atoms with Gasteiger partial charge in [-0.3, -0.25) is 0 Å². The summed E-state index contributed by atoms with van der Waals surface area (Å²) in [6, 6.07) is 22.0. The summed E-state index contributed by atoms with van der Waals surface area (Å²) in [5.74, 6) is 0.817. The molecule has 6 aromatic rings. The molecule has 2 heterocycles. The fourth-order valence-corrected chi connectivity index (χ4v) is 4.42. The molecule has 2 aromatic heterocycles. The van der Waals surface area contributed by atoms with Crippen LogP contribution in [0.4, 0.5) is 5.69 Å². The van der Waals surface area contributed by atoms with Gasteiger partial charge in [-0.1, -0.05) is 48.5 Å². The van der Waals surface area contributed by atoms with Crippen molar-refractivity contribution in [2.24, 2.45) is 5.18 Å². The number of para-hydroxylation sites is 1. The third-order valence-electron chi connectivity index (χ3n) is 5.68. The van der Waals surface area contributed by atoms with Crippen LogP contribution in [-0.4, -0.2) is 15.0 Å². The molecule has 0 unspecified atom stereocenters. The number of nitrogens with one attached hydrogen (secondary N) is 2. The maximum absolute atomic E-state index is 11.2. The Hall–Kier alpha value is -3.99. The van der Waals surface area contributed by atoms with Crippen molar-refractivity contribution in [1.82, 2.24) is 15.0 Å². The molecule has 0 aliphatic carbocycles. The van der Waals surface area contributed by atoms with Gasteiger partial charge < -0.3 is 9.97 Å². The van der Waals surface area contributed by atoms with E-state index in [1.807, 2.05) is 36.4 Å². The fourth-order valence-electron chi connectivity index (χ4n) is 4.42. The summed E-state index contributed by atoms with van der Waals surface area (Å²) in [7, 11) is 0. The van der Waals surface area contributed by atoms with Gasteiger partial charge in [0.15, 0.2) is 0 Å². The number of nitrogens with zero attached hydrogens (tertiary/aromatic N) is 2. The molecule has 0 aliphatic heterocycles. The van der Waals surface area contributed by atoms with Gasteiger partial charge in [-0.2, -0.15) is 0 Å². The number of rotatable bonds is 2. The van der Waals surface area contributed by atoms with Gasteiger partial charge in [0, 0.05) is 32.9 Å². The number of nitroso groups, excluding NO2 is 1. The zero-order chi connectivity index (χ0) is 19.5. The lowest BCUT2D eigenvalue weighted by atomic mass is 9.99. The predicted octanol–water partition coefficient (Wildman–Crippen LogP) is 6.72. The maximum Gasteiger partial charge on any atom is 0.140 e. The topological polar surface area (TPSA) is 73.9 Å². The highest BCUT2D eigenvalue weighted by molar-refractivity contribution is 6.24. The molecule has 0 radical (unpaired) electrons. The normalized spacial score (nSPS) is 11.8. The zero-order valence-corrected chi connectivity index (χ0v) is 15.7. The lowest BCUT2D eigenvalue weighted by molar-refractivity contribution is 1.26. The number of hydrogen-bond acceptors (Lipinski definition) is 3. The van der Waals surface area contributed by atoms with E-state index in [2.05, 4.69) is 46.3 Å². The molecule has 0 spiro atoms. The minimum absolute atomic E-state index is 0.405. The van der Waals surface area contributed by atoms with Crippen molar-refractivity contribution in [3.63, 3.8) is 0 Å². The van der Waals surface area contributed by atoms with E-state index < -0.39 is 0 Å². The molecule has 0 amide bonds. The quantitative estimate of drug-likeness (QED) is 0.260. The van der Waals surface area contributed by atoms with Gasteiger partial charge in [-0.05, 0) is 41.1 Å². The highest BCUT2D eigenvalue weighted by Gasteiger charge is 2.18. The Balaban J connectivity index is 1.79. The molecule has 5 heteroatoms. The van der Waals surface area contributed by atoms with E-state index >= 15 is 0 Å². The Morgan fingerprint density at radius 3 is 2.34 bits per heavy atom. The Morgan fingerprint density at radius 1 is 0.793 bits per heavy atom. The van der Waals surface area contributed by atoms with Gasteiger partial charge in [0.25, 0.3) is 0 Å². The number of hydrogen-bond donors (Lipinski definition) is 2. The molecule has 29 heavy (non-hydrogen) atoms. The fraction of sp³-hybridized carbons (Fsp3) is 0.0417. The molecule has 4 aromatic carbocycles. The summed E-state index contributed by atoms with van der Waals surface area (Å²) in [5.41, 5.74) is 5.44. The lowest BCUT2D eigenvalue weighted by Gasteiger charge is -2.06. The van der Waals surface area contributed by atoms with E-state index in [-0.39, 0.29) is 0 Å². The van der Waals surface area contributed by atoms with Crippen molar-refractivity contribution in [2.45, 2.75) is 6.92 Å². The van der Waals surface area contributed by atoms with Gasteiger partial charge in [0.2, 0.25) is 0 Å². The molecular formula is C24H16N4O. The van der Waals surface area contributed by atoms with Crippen LogP contribution in [0.2, 0.25) is 0 Å². The molecule has 0 saturated carbocycles. The van der Waals surface area contributed by atoms with Gasteiger partial charge >= 0.3 is 0 Å². The van der Waals surface area contributed by atoms with Crippen molar-refractivity contribution in [1.29, 1.82) is 0 Å². The summed E-state index contributed by atoms with van der Waals surface area (Å²) in [6.45, 7) is 2.06. The van der Waals surface area contributed by atoms with Crippen LogP contribution in [0.5, 0.6) is 0 Å². The number of aromatic nitrogens is 3. The van der Waals surface area contributed by atoms with Crippen molar-refractivity contribution >= 4 is 49.2 Å². The molecule has 0 bridgehead atoms. The highest BCUT2D eigenvalue weighted by Crippen LogP contribution is 2.38. The van der Waals surface area contributed by atoms with Gasteiger partial charge in [0.1, 0.15) is 11.5 Å². The van der Waals surface area contributed by atoms with E-state index in [0.717, 1.165) is 60.6 Å². The van der Waals surface area contributed by atoms with E-state index in [0.29, 0.717) is 5.69 Å². The average Bonchev–Trinajstić information content (AvgIpc) is 3.34. The second kappa shape index (κ2) is 5.75. The first-order chi connectivity index (χ1) is 14.2. The maximum atomic E-state index is 11.2. The van der Waals surface area contributed by atoms with Crippen LogP contribution in [0.1, 0.15) is 5.69 Å². The van der Waals surface area contributed by atoms with Crippen LogP contribution < -0.4 is 0 Å². The molecule has 6 rings (SSSR count). The number of imidazole rings is 1. The third-order valence-corrected chi connectivity index (χ3v) is 5.68. The van der Waals surface area contributed by atoms with Gasteiger partial charge in [-0.15, -0.1) is 4.91 Å². The summed E-state index contributed by atoms with van der Waals surface area (Å²) in [5, 5.41) is 8.48. The molecule has 0 fully saturated rings. The Labute approximate surface area is 165 Å². The monoisotopic (exact) mass is 376 g/mol. The first-order valence-corrected chi connectivity index (χ1v) is 9.50. The van der Waals surface area contributed by atoms with Crippen molar-refractivity contribution in [3.05, 3.63) is 77.3 Å². The summed E-state index contributed by atoms with van der Waals surface area (Å²) in [6.07, 6.45) is 0. The van der Waals surface area contributed by atoms with Crippen LogP contribution >= 0.6 is 0 Å². The summed E-state index contributed by atoms with van der Waals surface area (Å²) < 4.78 is 0. The molecular weight excluding hydrogens is 360 g/mol. The number of H-pyrrole nitrogens is 2. The number of aromatic amines is 2. The zero-order valence-electron chi connectivity index (χ0n) is 15.7. The molecule has 138 valence electrons. The standard InChI is InChI=1S/C24H16N4O/c1-13-21(18-8-4-5-9-20(18)25-13)24-26-22-17-7-3-2-6-15(17)16-11-10-14(28-29)12-19(16)23(22)27-24/h2-12,25H,1H3,(H,26,27). The van der Waals surface area contributed by atoms with Crippen LogP contribution in [0, 0.1) is 11.8 Å². The van der Waals surface area contributed by atoms with E-state index in [4.69, 9.17) is 4.98 Å². The predicted molar refractivity (Wildman–Crippen MR) is 119 cm³/mol. The Bertz CT molecular complexity index is 1590. The second-order valence-corrected chi connectivity index (χ2v) is 7.35. The molecule has 0 saturated heterocycles. The van der Waals surface area contributed by atoms with Crippen molar-refractivity contribution in [2.75, 3.05) is 0 Å². The van der Waals surface area contributed by atoms with E-state index in [1.165, 1.54) is 0 Å². The van der Waals surface area contributed by atoms with Crippen molar-refractivity contribution in [3.8, 4) is 11.4 Å². The SMILES string of the molecule is Cc1[nH]c2ccccc2c1-c1nc2c3cc(N=O)ccc3c3ccccc3c2[nH]1. The number of benzene rings is 4. The average molecular weight is 376 g/mol. The smallest absolute Gasteiger partial charge is 0.140 e. The first kappa shape index (κ1) is 16.0. The van der Waals surface area contributed by atoms with E-state index in [1.54, 1.807) is 6.07 Å². The van der Waals surface area contributed by atoms with Crippen molar-refractivity contribution < 1.29 is 0 Å². The minimum atomic E-state index is 0.405. The molecule has 0 aliphatic rings. The lowest BCUT2D eigenvalue weighted by Crippen LogP contribution is -1.82. The second-order valence-electron chi connectivity index (χ2n) is 7.35. The van der Waals surface area contributed by atoms with Crippen LogP contribution in [-0.2, 0) is 0 Å². The molecule has 0 atom stereocenters. The van der Waals surface area contributed by atoms with Crippen LogP contribution in [0.15, 0.2) is 71.9 Å². The van der Waals surface area contributed by atoms with Gasteiger partial charge in [0.05, 0.1) is 11.0 Å². The first-order valence-electron chi connectivity index (χ1n) is 9.50. The number of fused-ring (bicyclic) bond motifs is 7. The summed E-state index contributed by atoms with van der Waals surface area (Å²) in [4.78, 5) is 23.2. The minimum Gasteiger partial charge on any atom is -0.358 e. The summed E-state index contributed by atoms with van der Waals surface area (Å²) >= 11 is 0. The Morgan fingerprint density at radius 2 is 1.52 bits per heavy atom. The molecule has 2 N–H and O–H groups in total. The van der Waals surface area contributed by atoms with Crippen LogP contribution in [0.3, 0.4) is 0 Å². The Kier molecular flexibility index (Phi) is 3.18. The number of aryl methyl sites for hydroxylation is 1. The molecule has 5 nitrogen and oxygen atoms in total. The van der Waals surface area contributed by atoms with Crippen LogP contribution in [0.25, 0.3) is 54.9 Å². The van der Waals surface area contributed by atoms with E-state index in [9.17, 15) is 4.91 Å². The largest absolute Gasteiger partial charge is 0.358 e. The highest BCUT2D eigenvalue weighted by atomic mass is 16.3. The third kappa shape index (κ3) is 2.18. The van der Waals surface area contributed by atoms with Gasteiger partial charge in [-0.25, -0.2) is 4.98 Å².